The Bertz CT molecular complexity index is 635. The van der Waals surface area contributed by atoms with E-state index in [0.29, 0.717) is 6.04 Å². The van der Waals surface area contributed by atoms with Crippen LogP contribution in [0.25, 0.3) is 0 Å². The van der Waals surface area contributed by atoms with Gasteiger partial charge in [0.25, 0.3) is 0 Å². The molecular formula is C17H19N3S2. The molecule has 0 radical (unpaired) electrons. The van der Waals surface area contributed by atoms with Gasteiger partial charge >= 0.3 is 0 Å². The van der Waals surface area contributed by atoms with Crippen molar-refractivity contribution in [3.05, 3.63) is 52.5 Å². The summed E-state index contributed by atoms with van der Waals surface area (Å²) in [5.41, 5.74) is 1.07. The van der Waals surface area contributed by atoms with Crippen molar-refractivity contribution in [3.8, 4) is 0 Å². The highest BCUT2D eigenvalue weighted by Crippen LogP contribution is 2.43. The minimum Gasteiger partial charge on any atom is -0.352 e. The van der Waals surface area contributed by atoms with E-state index in [2.05, 4.69) is 44.8 Å². The molecule has 1 saturated heterocycles. The normalized spacial score (nSPS) is 25.6. The zero-order chi connectivity index (χ0) is 14.9. The third-order valence-electron chi connectivity index (χ3n) is 4.69. The Balaban J connectivity index is 1.74. The van der Waals surface area contributed by atoms with Crippen LogP contribution in [0.4, 0.5) is 0 Å². The third kappa shape index (κ3) is 2.42. The van der Waals surface area contributed by atoms with Crippen molar-refractivity contribution in [2.24, 2.45) is 0 Å². The minimum absolute atomic E-state index is 0.146. The molecule has 5 heteroatoms. The monoisotopic (exact) mass is 329 g/mol. The third-order valence-corrected chi connectivity index (χ3v) is 5.96. The molecule has 0 bridgehead atoms. The number of nitrogens with one attached hydrogen (secondary N) is 1. The van der Waals surface area contributed by atoms with Crippen molar-refractivity contribution >= 4 is 28.7 Å². The maximum absolute atomic E-state index is 5.70. The fraction of sp³-hybridized carbons (Fsp3) is 0.412. The molecule has 0 spiro atoms. The summed E-state index contributed by atoms with van der Waals surface area (Å²) in [6.07, 6.45) is 6.99. The zero-order valence-electron chi connectivity index (χ0n) is 12.3. The van der Waals surface area contributed by atoms with Gasteiger partial charge in [0.2, 0.25) is 0 Å². The lowest BCUT2D eigenvalue weighted by Gasteiger charge is -2.32. The van der Waals surface area contributed by atoms with Crippen LogP contribution < -0.4 is 5.32 Å². The van der Waals surface area contributed by atoms with Crippen molar-refractivity contribution in [2.45, 2.75) is 43.8 Å². The lowest BCUT2D eigenvalue weighted by atomic mass is 10.0. The Labute approximate surface area is 140 Å². The molecule has 4 rings (SSSR count). The van der Waals surface area contributed by atoms with Crippen LogP contribution in [0.5, 0.6) is 0 Å². The Kier molecular flexibility index (Phi) is 3.84. The van der Waals surface area contributed by atoms with E-state index in [1.807, 2.05) is 23.6 Å². The Morgan fingerprint density at radius 2 is 2.05 bits per heavy atom. The quantitative estimate of drug-likeness (QED) is 0.860. The first-order chi connectivity index (χ1) is 10.8. The molecule has 0 aromatic carbocycles. The first-order valence-corrected chi connectivity index (χ1v) is 9.16. The largest absolute Gasteiger partial charge is 0.352 e. The molecule has 2 atom stereocenters. The molecule has 2 fully saturated rings. The van der Waals surface area contributed by atoms with E-state index in [1.54, 1.807) is 0 Å². The minimum atomic E-state index is 0.146. The van der Waals surface area contributed by atoms with Gasteiger partial charge in [-0.1, -0.05) is 25.0 Å². The summed E-state index contributed by atoms with van der Waals surface area (Å²) in [7, 11) is 0. The molecule has 2 aromatic heterocycles. The maximum Gasteiger partial charge on any atom is 0.170 e. The zero-order valence-corrected chi connectivity index (χ0v) is 13.9. The molecule has 1 N–H and O–H groups in total. The second-order valence-corrected chi connectivity index (χ2v) is 7.35. The highest BCUT2D eigenvalue weighted by atomic mass is 32.1. The van der Waals surface area contributed by atoms with Crippen LogP contribution in [0.2, 0.25) is 0 Å². The van der Waals surface area contributed by atoms with E-state index in [4.69, 9.17) is 12.2 Å². The highest BCUT2D eigenvalue weighted by Gasteiger charge is 2.43. The van der Waals surface area contributed by atoms with Crippen molar-refractivity contribution in [1.29, 1.82) is 0 Å². The molecule has 114 valence electrons. The van der Waals surface area contributed by atoms with Gasteiger partial charge in [0.1, 0.15) is 0 Å². The molecule has 22 heavy (non-hydrogen) atoms. The van der Waals surface area contributed by atoms with Crippen LogP contribution in [0.3, 0.4) is 0 Å². The SMILES string of the molecule is S=C1N[C@H](c2ccccn2)[C@H](c2cccs2)N1C1CCCC1. The average Bonchev–Trinajstić information content (AvgIpc) is 3.28. The highest BCUT2D eigenvalue weighted by molar-refractivity contribution is 7.80. The number of hydrogen-bond donors (Lipinski definition) is 1. The fourth-order valence-corrected chi connectivity index (χ4v) is 4.96. The molecule has 3 nitrogen and oxygen atoms in total. The van der Waals surface area contributed by atoms with Crippen molar-refractivity contribution in [3.63, 3.8) is 0 Å². The Hall–Kier alpha value is -1.46. The van der Waals surface area contributed by atoms with Gasteiger partial charge in [-0.15, -0.1) is 11.3 Å². The number of aromatic nitrogens is 1. The summed E-state index contributed by atoms with van der Waals surface area (Å²) in [5.74, 6) is 0. The van der Waals surface area contributed by atoms with Gasteiger partial charge in [-0.2, -0.15) is 0 Å². The first-order valence-electron chi connectivity index (χ1n) is 7.88. The number of thiocarbonyl (C=S) groups is 1. The van der Waals surface area contributed by atoms with Gasteiger partial charge in [0, 0.05) is 17.1 Å². The van der Waals surface area contributed by atoms with E-state index in [-0.39, 0.29) is 12.1 Å². The lowest BCUT2D eigenvalue weighted by molar-refractivity contribution is 0.249. The summed E-state index contributed by atoms with van der Waals surface area (Å²) in [4.78, 5) is 8.39. The standard InChI is InChI=1S/C17H19N3S2/c21-17-19-15(13-8-3-4-10-18-13)16(14-9-5-11-22-14)20(17)12-6-1-2-7-12/h3-5,8-12,15-16H,1-2,6-7H2,(H,19,21)/t15-,16+/m1/s1. The van der Waals surface area contributed by atoms with Crippen LogP contribution in [0, 0.1) is 0 Å². The van der Waals surface area contributed by atoms with E-state index < -0.39 is 0 Å². The molecule has 1 aliphatic carbocycles. The van der Waals surface area contributed by atoms with Gasteiger partial charge in [-0.3, -0.25) is 4.98 Å². The summed E-state index contributed by atoms with van der Waals surface area (Å²) >= 11 is 7.51. The van der Waals surface area contributed by atoms with E-state index in [0.717, 1.165) is 10.8 Å². The predicted octanol–water partition coefficient (Wildman–Crippen LogP) is 4.06. The van der Waals surface area contributed by atoms with Crippen molar-refractivity contribution in [2.75, 3.05) is 0 Å². The molecule has 0 amide bonds. The van der Waals surface area contributed by atoms with Gasteiger partial charge in [-0.25, -0.2) is 0 Å². The Morgan fingerprint density at radius 1 is 1.18 bits per heavy atom. The van der Waals surface area contributed by atoms with Crippen LogP contribution in [-0.4, -0.2) is 21.0 Å². The molecule has 0 unspecified atom stereocenters. The van der Waals surface area contributed by atoms with Crippen molar-refractivity contribution < 1.29 is 0 Å². The van der Waals surface area contributed by atoms with Gasteiger partial charge in [0.15, 0.2) is 5.11 Å². The molecule has 2 aromatic rings. The van der Waals surface area contributed by atoms with Crippen LogP contribution in [-0.2, 0) is 0 Å². The smallest absolute Gasteiger partial charge is 0.170 e. The first kappa shape index (κ1) is 14.2. The van der Waals surface area contributed by atoms with Gasteiger partial charge in [-0.05, 0) is 48.6 Å². The number of nitrogens with zero attached hydrogens (tertiary/aromatic N) is 2. The van der Waals surface area contributed by atoms with Crippen molar-refractivity contribution in [1.82, 2.24) is 15.2 Å². The molecular weight excluding hydrogens is 310 g/mol. The van der Waals surface area contributed by atoms with Gasteiger partial charge < -0.3 is 10.2 Å². The van der Waals surface area contributed by atoms with Crippen LogP contribution in [0.1, 0.15) is 48.3 Å². The Morgan fingerprint density at radius 3 is 2.73 bits per heavy atom. The van der Waals surface area contributed by atoms with Crippen LogP contribution in [0.15, 0.2) is 41.9 Å². The van der Waals surface area contributed by atoms with Crippen LogP contribution >= 0.6 is 23.6 Å². The second kappa shape index (κ2) is 5.97. The van der Waals surface area contributed by atoms with E-state index >= 15 is 0 Å². The summed E-state index contributed by atoms with van der Waals surface area (Å²) in [6, 6.07) is 11.5. The van der Waals surface area contributed by atoms with Gasteiger partial charge in [0.05, 0.1) is 17.8 Å². The summed E-state index contributed by atoms with van der Waals surface area (Å²) in [5, 5.41) is 6.58. The topological polar surface area (TPSA) is 28.2 Å². The number of pyridine rings is 1. The fourth-order valence-electron chi connectivity index (χ4n) is 3.71. The van der Waals surface area contributed by atoms with E-state index in [9.17, 15) is 0 Å². The lowest BCUT2D eigenvalue weighted by Crippen LogP contribution is -2.37. The maximum atomic E-state index is 5.70. The predicted molar refractivity (Wildman–Crippen MR) is 93.9 cm³/mol. The summed E-state index contributed by atoms with van der Waals surface area (Å²) < 4.78 is 0. The second-order valence-electron chi connectivity index (χ2n) is 5.99. The molecule has 1 aliphatic heterocycles. The molecule has 1 saturated carbocycles. The number of rotatable bonds is 3. The number of thiophene rings is 1. The summed E-state index contributed by atoms with van der Waals surface area (Å²) in [6.45, 7) is 0. The molecule has 3 heterocycles. The number of hydrogen-bond acceptors (Lipinski definition) is 3. The average molecular weight is 329 g/mol. The molecule has 2 aliphatic rings. The van der Waals surface area contributed by atoms with E-state index in [1.165, 1.54) is 30.6 Å².